The molecular formula is C14H17NO2S. The molecule has 1 amide bonds. The highest BCUT2D eigenvalue weighted by Gasteiger charge is 2.24. The Kier molecular flexibility index (Phi) is 3.68. The van der Waals surface area contributed by atoms with Gasteiger partial charge in [0.2, 0.25) is 0 Å². The van der Waals surface area contributed by atoms with Crippen molar-refractivity contribution in [3.63, 3.8) is 0 Å². The number of carbonyl (C=O) groups is 1. The Morgan fingerprint density at radius 3 is 2.83 bits per heavy atom. The van der Waals surface area contributed by atoms with Crippen LogP contribution < -0.4 is 5.32 Å². The fourth-order valence-electron chi connectivity index (χ4n) is 1.73. The highest BCUT2D eigenvalue weighted by atomic mass is 32.1. The van der Waals surface area contributed by atoms with Crippen LogP contribution in [-0.4, -0.2) is 23.2 Å². The molecule has 96 valence electrons. The van der Waals surface area contributed by atoms with Crippen molar-refractivity contribution < 1.29 is 9.90 Å². The normalized spacial score (nSPS) is 14.4. The highest BCUT2D eigenvalue weighted by molar-refractivity contribution is 7.17. The molecule has 1 heterocycles. The Morgan fingerprint density at radius 2 is 2.17 bits per heavy atom. The predicted molar refractivity (Wildman–Crippen MR) is 75.1 cm³/mol. The summed E-state index contributed by atoms with van der Waals surface area (Å²) in [6, 6.07) is 7.84. The summed E-state index contributed by atoms with van der Waals surface area (Å²) >= 11 is 1.56. The maximum Gasteiger partial charge on any atom is 0.253 e. The van der Waals surface area contributed by atoms with Crippen molar-refractivity contribution in [2.24, 2.45) is 0 Å². The molecular weight excluding hydrogens is 246 g/mol. The zero-order valence-corrected chi connectivity index (χ0v) is 11.4. The molecule has 1 atom stereocenters. The van der Waals surface area contributed by atoms with Crippen molar-refractivity contribution in [3.05, 3.63) is 35.2 Å². The summed E-state index contributed by atoms with van der Waals surface area (Å²) in [5.74, 6) is -0.120. The summed E-state index contributed by atoms with van der Waals surface area (Å²) in [4.78, 5) is 12.2. The van der Waals surface area contributed by atoms with Gasteiger partial charge in [0.15, 0.2) is 0 Å². The van der Waals surface area contributed by atoms with Gasteiger partial charge in [-0.1, -0.05) is 25.1 Å². The van der Waals surface area contributed by atoms with E-state index in [1.54, 1.807) is 11.3 Å². The van der Waals surface area contributed by atoms with E-state index in [-0.39, 0.29) is 12.5 Å². The van der Waals surface area contributed by atoms with E-state index in [2.05, 4.69) is 5.32 Å². The van der Waals surface area contributed by atoms with Crippen LogP contribution >= 0.6 is 11.3 Å². The first kappa shape index (κ1) is 13.1. The van der Waals surface area contributed by atoms with Gasteiger partial charge in [-0.2, -0.15) is 0 Å². The Balaban J connectivity index is 2.29. The largest absolute Gasteiger partial charge is 0.394 e. The number of thiophene rings is 1. The van der Waals surface area contributed by atoms with Gasteiger partial charge < -0.3 is 10.4 Å². The topological polar surface area (TPSA) is 49.3 Å². The number of aliphatic hydroxyl groups excluding tert-OH is 1. The summed E-state index contributed by atoms with van der Waals surface area (Å²) < 4.78 is 1.10. The number of amides is 1. The van der Waals surface area contributed by atoms with E-state index in [1.165, 1.54) is 0 Å². The number of fused-ring (bicyclic) bond motifs is 1. The van der Waals surface area contributed by atoms with Gasteiger partial charge in [-0.15, -0.1) is 11.3 Å². The SMILES string of the molecule is CCC(C)(CO)NC(=O)c1csc2ccccc12. The van der Waals surface area contributed by atoms with Gasteiger partial charge in [-0.25, -0.2) is 0 Å². The van der Waals surface area contributed by atoms with E-state index in [9.17, 15) is 9.90 Å². The Labute approximate surface area is 110 Å². The van der Waals surface area contributed by atoms with E-state index in [0.29, 0.717) is 12.0 Å². The van der Waals surface area contributed by atoms with Gasteiger partial charge in [-0.3, -0.25) is 4.79 Å². The molecule has 0 fully saturated rings. The van der Waals surface area contributed by atoms with Crippen LogP contribution in [0.15, 0.2) is 29.6 Å². The van der Waals surface area contributed by atoms with Crippen LogP contribution in [0, 0.1) is 0 Å². The molecule has 0 bridgehead atoms. The predicted octanol–water partition coefficient (Wildman–Crippen LogP) is 2.79. The fourth-order valence-corrected chi connectivity index (χ4v) is 2.68. The molecule has 2 rings (SSSR count). The minimum absolute atomic E-state index is 0.0582. The van der Waals surface area contributed by atoms with E-state index >= 15 is 0 Å². The van der Waals surface area contributed by atoms with E-state index < -0.39 is 5.54 Å². The zero-order chi connectivity index (χ0) is 13.2. The van der Waals surface area contributed by atoms with Gasteiger partial charge >= 0.3 is 0 Å². The lowest BCUT2D eigenvalue weighted by atomic mass is 9.99. The van der Waals surface area contributed by atoms with Crippen LogP contribution in [0.1, 0.15) is 30.6 Å². The minimum atomic E-state index is -0.555. The molecule has 0 aliphatic heterocycles. The monoisotopic (exact) mass is 263 g/mol. The number of hydrogen-bond donors (Lipinski definition) is 2. The number of rotatable bonds is 4. The highest BCUT2D eigenvalue weighted by Crippen LogP contribution is 2.26. The molecule has 4 heteroatoms. The Morgan fingerprint density at radius 1 is 1.44 bits per heavy atom. The molecule has 2 N–H and O–H groups in total. The Bertz CT molecular complexity index is 558. The first-order valence-electron chi connectivity index (χ1n) is 5.99. The molecule has 1 aromatic carbocycles. The maximum atomic E-state index is 12.2. The van der Waals surface area contributed by atoms with Crippen LogP contribution in [0.3, 0.4) is 0 Å². The second-order valence-electron chi connectivity index (χ2n) is 4.67. The molecule has 18 heavy (non-hydrogen) atoms. The lowest BCUT2D eigenvalue weighted by Gasteiger charge is -2.27. The van der Waals surface area contributed by atoms with Crippen molar-refractivity contribution in [1.29, 1.82) is 0 Å². The van der Waals surface area contributed by atoms with Crippen LogP contribution in [0.25, 0.3) is 10.1 Å². The second-order valence-corrected chi connectivity index (χ2v) is 5.58. The summed E-state index contributed by atoms with van der Waals surface area (Å²) in [6.45, 7) is 3.74. The van der Waals surface area contributed by atoms with Gasteiger partial charge in [0.1, 0.15) is 0 Å². The number of carbonyl (C=O) groups excluding carboxylic acids is 1. The molecule has 0 spiro atoms. The third kappa shape index (κ3) is 2.40. The number of aliphatic hydroxyl groups is 1. The standard InChI is InChI=1S/C14H17NO2S/c1-3-14(2,9-16)15-13(17)11-8-18-12-7-5-4-6-10(11)12/h4-8,16H,3,9H2,1-2H3,(H,15,17). The molecule has 0 saturated carbocycles. The second kappa shape index (κ2) is 5.08. The lowest BCUT2D eigenvalue weighted by molar-refractivity contribution is 0.0849. The average Bonchev–Trinajstić information content (AvgIpc) is 2.82. The number of benzene rings is 1. The van der Waals surface area contributed by atoms with Gasteiger partial charge in [0.25, 0.3) is 5.91 Å². The molecule has 2 aromatic rings. The number of hydrogen-bond acceptors (Lipinski definition) is 3. The van der Waals surface area contributed by atoms with Crippen molar-refractivity contribution in [1.82, 2.24) is 5.32 Å². The minimum Gasteiger partial charge on any atom is -0.394 e. The molecule has 1 aromatic heterocycles. The van der Waals surface area contributed by atoms with Crippen molar-refractivity contribution in [3.8, 4) is 0 Å². The summed E-state index contributed by atoms with van der Waals surface area (Å²) in [5.41, 5.74) is 0.129. The molecule has 0 radical (unpaired) electrons. The summed E-state index contributed by atoms with van der Waals surface area (Å²) in [6.07, 6.45) is 0.692. The third-order valence-corrected chi connectivity index (χ3v) is 4.23. The fraction of sp³-hybridized carbons (Fsp3) is 0.357. The molecule has 1 unspecified atom stereocenters. The quantitative estimate of drug-likeness (QED) is 0.891. The molecule has 3 nitrogen and oxygen atoms in total. The van der Waals surface area contributed by atoms with E-state index in [0.717, 1.165) is 10.1 Å². The van der Waals surface area contributed by atoms with Crippen LogP contribution in [0.4, 0.5) is 0 Å². The Hall–Kier alpha value is -1.39. The smallest absolute Gasteiger partial charge is 0.253 e. The lowest BCUT2D eigenvalue weighted by Crippen LogP contribution is -2.48. The van der Waals surface area contributed by atoms with Crippen molar-refractivity contribution in [2.75, 3.05) is 6.61 Å². The first-order valence-corrected chi connectivity index (χ1v) is 6.87. The third-order valence-electron chi connectivity index (χ3n) is 3.27. The van der Waals surface area contributed by atoms with Crippen LogP contribution in [0.5, 0.6) is 0 Å². The molecule has 0 aliphatic rings. The average molecular weight is 263 g/mol. The maximum absolute atomic E-state index is 12.2. The van der Waals surface area contributed by atoms with Gasteiger partial charge in [0.05, 0.1) is 17.7 Å². The van der Waals surface area contributed by atoms with Gasteiger partial charge in [-0.05, 0) is 19.4 Å². The first-order chi connectivity index (χ1) is 8.59. The van der Waals surface area contributed by atoms with E-state index in [4.69, 9.17) is 0 Å². The van der Waals surface area contributed by atoms with E-state index in [1.807, 2.05) is 43.5 Å². The van der Waals surface area contributed by atoms with Crippen LogP contribution in [-0.2, 0) is 0 Å². The molecule has 0 saturated heterocycles. The zero-order valence-electron chi connectivity index (χ0n) is 10.6. The van der Waals surface area contributed by atoms with Crippen molar-refractivity contribution >= 4 is 27.3 Å². The van der Waals surface area contributed by atoms with Crippen LogP contribution in [0.2, 0.25) is 0 Å². The number of nitrogens with one attached hydrogen (secondary N) is 1. The summed E-state index contributed by atoms with van der Waals surface area (Å²) in [7, 11) is 0. The van der Waals surface area contributed by atoms with Crippen molar-refractivity contribution in [2.45, 2.75) is 25.8 Å². The van der Waals surface area contributed by atoms with Gasteiger partial charge in [0, 0.05) is 15.5 Å². The summed E-state index contributed by atoms with van der Waals surface area (Å²) in [5, 5.41) is 15.1. The molecule has 0 aliphatic carbocycles.